The van der Waals surface area contributed by atoms with Crippen LogP contribution < -0.4 is 14.2 Å². The van der Waals surface area contributed by atoms with Gasteiger partial charge in [0.2, 0.25) is 5.91 Å². The normalized spacial score (nSPS) is 11.5. The van der Waals surface area contributed by atoms with Crippen LogP contribution in [-0.4, -0.2) is 62.1 Å². The van der Waals surface area contributed by atoms with E-state index in [1.165, 1.54) is 0 Å². The number of benzene rings is 2. The number of hydrogen-bond acceptors (Lipinski definition) is 6. The molecule has 0 fully saturated rings. The molecule has 2 aromatic carbocycles. The first-order chi connectivity index (χ1) is 18.3. The Morgan fingerprint density at radius 3 is 2.21 bits per heavy atom. The SMILES string of the molecule is CCC(C)N(CC(=O)N(CCc1ccc(OC)c(OC)c1)Cc1ccc(C)o1)C(=O)c1ccc(OC)cc1. The first-order valence-corrected chi connectivity index (χ1v) is 12.8. The Balaban J connectivity index is 1.81. The van der Waals surface area contributed by atoms with Gasteiger partial charge in [0, 0.05) is 18.2 Å². The Bertz CT molecular complexity index is 1200. The van der Waals surface area contributed by atoms with Crippen molar-refractivity contribution in [1.82, 2.24) is 9.80 Å². The summed E-state index contributed by atoms with van der Waals surface area (Å²) in [4.78, 5) is 30.5. The molecule has 8 heteroatoms. The molecule has 1 unspecified atom stereocenters. The third kappa shape index (κ3) is 7.31. The maximum atomic E-state index is 13.7. The van der Waals surface area contributed by atoms with Crippen LogP contribution in [0.15, 0.2) is 59.0 Å². The molecule has 0 radical (unpaired) electrons. The second kappa shape index (κ2) is 13.6. The van der Waals surface area contributed by atoms with Gasteiger partial charge in [0.1, 0.15) is 23.8 Å². The van der Waals surface area contributed by atoms with Gasteiger partial charge in [-0.3, -0.25) is 9.59 Å². The Morgan fingerprint density at radius 2 is 1.63 bits per heavy atom. The standard InChI is InChI=1S/C30H38N2O6/c1-7-21(2)32(30(34)24-10-13-25(35-4)14-11-24)20-29(33)31(19-26-12-8-22(3)38-26)17-16-23-9-15-27(36-5)28(18-23)37-6/h8-15,18,21H,7,16-17,19-20H2,1-6H3. The number of rotatable bonds is 13. The van der Waals surface area contributed by atoms with E-state index in [1.54, 1.807) is 55.4 Å². The molecule has 0 saturated carbocycles. The van der Waals surface area contributed by atoms with Crippen LogP contribution in [0.2, 0.25) is 0 Å². The minimum absolute atomic E-state index is 0.0362. The molecule has 0 aliphatic carbocycles. The van der Waals surface area contributed by atoms with Crippen molar-refractivity contribution in [3.8, 4) is 17.2 Å². The van der Waals surface area contributed by atoms with Gasteiger partial charge in [-0.05, 0) is 80.8 Å². The Morgan fingerprint density at radius 1 is 0.921 bits per heavy atom. The lowest BCUT2D eigenvalue weighted by molar-refractivity contribution is -0.133. The van der Waals surface area contributed by atoms with Crippen LogP contribution in [0.25, 0.3) is 0 Å². The summed E-state index contributed by atoms with van der Waals surface area (Å²) in [6.45, 7) is 6.55. The monoisotopic (exact) mass is 522 g/mol. The summed E-state index contributed by atoms with van der Waals surface area (Å²) in [6, 6.07) is 16.3. The molecule has 0 spiro atoms. The number of carbonyl (C=O) groups excluding carboxylic acids is 2. The smallest absolute Gasteiger partial charge is 0.254 e. The Kier molecular flexibility index (Phi) is 10.2. The summed E-state index contributed by atoms with van der Waals surface area (Å²) < 4.78 is 21.8. The quantitative estimate of drug-likeness (QED) is 0.310. The molecule has 0 bridgehead atoms. The van der Waals surface area contributed by atoms with Crippen molar-refractivity contribution in [3.05, 3.63) is 77.2 Å². The minimum atomic E-state index is -0.191. The molecule has 3 aromatic rings. The number of nitrogens with zero attached hydrogens (tertiary/aromatic N) is 2. The largest absolute Gasteiger partial charge is 0.497 e. The van der Waals surface area contributed by atoms with Crippen LogP contribution in [0.5, 0.6) is 17.2 Å². The average Bonchev–Trinajstić information content (AvgIpc) is 3.37. The maximum Gasteiger partial charge on any atom is 0.254 e. The van der Waals surface area contributed by atoms with Gasteiger partial charge >= 0.3 is 0 Å². The van der Waals surface area contributed by atoms with Crippen LogP contribution in [0, 0.1) is 6.92 Å². The van der Waals surface area contributed by atoms with Gasteiger partial charge in [-0.25, -0.2) is 0 Å². The first kappa shape index (κ1) is 28.6. The third-order valence-corrected chi connectivity index (χ3v) is 6.64. The van der Waals surface area contributed by atoms with Gasteiger partial charge in [-0.1, -0.05) is 13.0 Å². The molecule has 2 amide bonds. The highest BCUT2D eigenvalue weighted by molar-refractivity contribution is 5.96. The highest BCUT2D eigenvalue weighted by Crippen LogP contribution is 2.28. The topological polar surface area (TPSA) is 81.5 Å². The number of hydrogen-bond donors (Lipinski definition) is 0. The molecule has 3 rings (SSSR count). The number of amides is 2. The van der Waals surface area contributed by atoms with Gasteiger partial charge < -0.3 is 28.4 Å². The summed E-state index contributed by atoms with van der Waals surface area (Å²) in [7, 11) is 4.78. The molecule has 1 atom stereocenters. The molecular weight excluding hydrogens is 484 g/mol. The predicted molar refractivity (Wildman–Crippen MR) is 146 cm³/mol. The second-order valence-electron chi connectivity index (χ2n) is 9.19. The molecule has 38 heavy (non-hydrogen) atoms. The van der Waals surface area contributed by atoms with Gasteiger partial charge in [-0.15, -0.1) is 0 Å². The molecular formula is C30H38N2O6. The number of aryl methyl sites for hydroxylation is 1. The van der Waals surface area contributed by atoms with Gasteiger partial charge in [0.25, 0.3) is 5.91 Å². The summed E-state index contributed by atoms with van der Waals surface area (Å²) in [5, 5.41) is 0. The van der Waals surface area contributed by atoms with E-state index in [4.69, 9.17) is 18.6 Å². The number of furan rings is 1. The van der Waals surface area contributed by atoms with Crippen molar-refractivity contribution in [1.29, 1.82) is 0 Å². The van der Waals surface area contributed by atoms with E-state index in [9.17, 15) is 9.59 Å². The lowest BCUT2D eigenvalue weighted by atomic mass is 10.1. The lowest BCUT2D eigenvalue weighted by Gasteiger charge is -2.31. The molecule has 0 aliphatic rings. The molecule has 8 nitrogen and oxygen atoms in total. The Hall–Kier alpha value is -3.94. The predicted octanol–water partition coefficient (Wildman–Crippen LogP) is 5.13. The zero-order valence-corrected chi connectivity index (χ0v) is 23.2. The zero-order valence-electron chi connectivity index (χ0n) is 23.2. The highest BCUT2D eigenvalue weighted by atomic mass is 16.5. The van der Waals surface area contributed by atoms with Crippen LogP contribution in [-0.2, 0) is 17.8 Å². The summed E-state index contributed by atoms with van der Waals surface area (Å²) in [5.41, 5.74) is 1.52. The summed E-state index contributed by atoms with van der Waals surface area (Å²) in [5.74, 6) is 3.09. The van der Waals surface area contributed by atoms with Crippen molar-refractivity contribution < 1.29 is 28.2 Å². The average molecular weight is 523 g/mol. The maximum absolute atomic E-state index is 13.7. The number of methoxy groups -OCH3 is 3. The minimum Gasteiger partial charge on any atom is -0.497 e. The van der Waals surface area contributed by atoms with E-state index >= 15 is 0 Å². The van der Waals surface area contributed by atoms with Crippen LogP contribution in [0.1, 0.15) is 47.7 Å². The van der Waals surface area contributed by atoms with Crippen LogP contribution in [0.3, 0.4) is 0 Å². The molecule has 204 valence electrons. The Labute approximate surface area is 225 Å². The third-order valence-electron chi connectivity index (χ3n) is 6.64. The van der Waals surface area contributed by atoms with E-state index in [0.29, 0.717) is 48.1 Å². The number of ether oxygens (including phenoxy) is 3. The molecule has 1 aromatic heterocycles. The molecule has 0 saturated heterocycles. The summed E-state index contributed by atoms with van der Waals surface area (Å²) in [6.07, 6.45) is 1.32. The van der Waals surface area contributed by atoms with Crippen molar-refractivity contribution in [3.63, 3.8) is 0 Å². The highest BCUT2D eigenvalue weighted by Gasteiger charge is 2.26. The fourth-order valence-corrected chi connectivity index (χ4v) is 4.14. The zero-order chi connectivity index (χ0) is 27.7. The van der Waals surface area contributed by atoms with Crippen LogP contribution in [0.4, 0.5) is 0 Å². The number of carbonyl (C=O) groups is 2. The fourth-order valence-electron chi connectivity index (χ4n) is 4.14. The second-order valence-corrected chi connectivity index (χ2v) is 9.19. The van der Waals surface area contributed by atoms with E-state index in [0.717, 1.165) is 17.7 Å². The van der Waals surface area contributed by atoms with E-state index < -0.39 is 0 Å². The van der Waals surface area contributed by atoms with Crippen molar-refractivity contribution in [2.45, 2.75) is 46.2 Å². The van der Waals surface area contributed by atoms with Crippen molar-refractivity contribution in [2.24, 2.45) is 0 Å². The van der Waals surface area contributed by atoms with Gasteiger partial charge in [0.05, 0.1) is 27.9 Å². The lowest BCUT2D eigenvalue weighted by Crippen LogP contribution is -2.46. The van der Waals surface area contributed by atoms with Crippen LogP contribution >= 0.6 is 0 Å². The molecule has 1 heterocycles. The van der Waals surface area contributed by atoms with Crippen molar-refractivity contribution in [2.75, 3.05) is 34.4 Å². The first-order valence-electron chi connectivity index (χ1n) is 12.8. The fraction of sp³-hybridized carbons (Fsp3) is 0.400. The van der Waals surface area contributed by atoms with Crippen molar-refractivity contribution >= 4 is 11.8 Å². The van der Waals surface area contributed by atoms with Gasteiger partial charge in [0.15, 0.2) is 11.5 Å². The van der Waals surface area contributed by atoms with E-state index in [1.807, 2.05) is 51.1 Å². The van der Waals surface area contributed by atoms with Gasteiger partial charge in [-0.2, -0.15) is 0 Å². The molecule has 0 aliphatic heterocycles. The van der Waals surface area contributed by atoms with E-state index in [2.05, 4.69) is 0 Å². The summed E-state index contributed by atoms with van der Waals surface area (Å²) >= 11 is 0. The molecule has 0 N–H and O–H groups in total. The van der Waals surface area contributed by atoms with E-state index in [-0.39, 0.29) is 24.4 Å².